The number of esters is 2. The lowest BCUT2D eigenvalue weighted by Gasteiger charge is -2.19. The molecule has 7 heteroatoms. The zero-order chi connectivity index (χ0) is 20.8. The van der Waals surface area contributed by atoms with E-state index in [9.17, 15) is 9.59 Å². The zero-order valence-corrected chi connectivity index (χ0v) is 17.9. The molecule has 28 heavy (non-hydrogen) atoms. The molecule has 5 nitrogen and oxygen atoms in total. The van der Waals surface area contributed by atoms with Gasteiger partial charge < -0.3 is 9.47 Å². The van der Waals surface area contributed by atoms with Gasteiger partial charge in [0.25, 0.3) is 0 Å². The van der Waals surface area contributed by atoms with Crippen molar-refractivity contribution in [2.75, 3.05) is 13.2 Å². The van der Waals surface area contributed by atoms with Crippen LogP contribution < -0.4 is 0 Å². The second-order valence-electron chi connectivity index (χ2n) is 6.28. The molecule has 0 bridgehead atoms. The number of aryl methyl sites for hydroxylation is 2. The molecule has 0 amide bonds. The monoisotopic (exact) mass is 423 g/mol. The van der Waals surface area contributed by atoms with Crippen molar-refractivity contribution in [2.24, 2.45) is 0 Å². The summed E-state index contributed by atoms with van der Waals surface area (Å²) < 4.78 is 10.7. The maximum Gasteiger partial charge on any atom is 0.340 e. The van der Waals surface area contributed by atoms with Crippen LogP contribution in [0.15, 0.2) is 18.2 Å². The van der Waals surface area contributed by atoms with Gasteiger partial charge in [-0.15, -0.1) is 0 Å². The molecule has 0 atom stereocenters. The van der Waals surface area contributed by atoms with Gasteiger partial charge in [0.05, 0.1) is 45.8 Å². The summed E-state index contributed by atoms with van der Waals surface area (Å²) in [6.07, 6.45) is 1.34. The zero-order valence-electron chi connectivity index (χ0n) is 16.4. The summed E-state index contributed by atoms with van der Waals surface area (Å²) in [5.41, 5.74) is 2.04. The van der Waals surface area contributed by atoms with Crippen molar-refractivity contribution in [2.45, 2.75) is 40.5 Å². The summed E-state index contributed by atoms with van der Waals surface area (Å²) in [4.78, 5) is 30.0. The molecule has 0 radical (unpaired) electrons. The van der Waals surface area contributed by atoms with Crippen molar-refractivity contribution in [1.29, 1.82) is 0 Å². The molecule has 1 aromatic heterocycles. The highest BCUT2D eigenvalue weighted by Crippen LogP contribution is 2.39. The quantitative estimate of drug-likeness (QED) is 0.525. The second kappa shape index (κ2) is 9.89. The van der Waals surface area contributed by atoms with Crippen molar-refractivity contribution in [1.82, 2.24) is 4.98 Å². The van der Waals surface area contributed by atoms with Crippen LogP contribution in [0.25, 0.3) is 11.1 Å². The third-order valence-electron chi connectivity index (χ3n) is 4.06. The Morgan fingerprint density at radius 3 is 1.89 bits per heavy atom. The minimum Gasteiger partial charge on any atom is -0.462 e. The molecule has 0 N–H and O–H groups in total. The smallest absolute Gasteiger partial charge is 0.340 e. The lowest BCUT2D eigenvalue weighted by atomic mass is 9.92. The number of carbonyl (C=O) groups excluding carboxylic acids is 2. The summed E-state index contributed by atoms with van der Waals surface area (Å²) in [5.74, 6) is -1.13. The van der Waals surface area contributed by atoms with Crippen LogP contribution in [0.5, 0.6) is 0 Å². The van der Waals surface area contributed by atoms with E-state index < -0.39 is 11.9 Å². The Kier molecular flexibility index (Phi) is 7.84. The average molecular weight is 424 g/mol. The minimum atomic E-state index is -0.567. The Balaban J connectivity index is 2.83. The van der Waals surface area contributed by atoms with Gasteiger partial charge in [-0.05, 0) is 32.8 Å². The van der Waals surface area contributed by atoms with E-state index in [1.807, 2.05) is 13.8 Å². The number of hydrogen-bond acceptors (Lipinski definition) is 5. The SMILES string of the molecule is CCCOC(=O)c1c(C)nc(C)c(C(=O)OCCC)c1-c1cccc(Cl)c1Cl. The van der Waals surface area contributed by atoms with Crippen LogP contribution in [0.3, 0.4) is 0 Å². The highest BCUT2D eigenvalue weighted by molar-refractivity contribution is 6.44. The first-order valence-corrected chi connectivity index (χ1v) is 9.88. The van der Waals surface area contributed by atoms with Gasteiger partial charge >= 0.3 is 11.9 Å². The first kappa shape index (κ1) is 22.2. The van der Waals surface area contributed by atoms with Crippen LogP contribution in [-0.2, 0) is 9.47 Å². The summed E-state index contributed by atoms with van der Waals surface area (Å²) >= 11 is 12.6. The van der Waals surface area contributed by atoms with Crippen LogP contribution >= 0.6 is 23.2 Å². The van der Waals surface area contributed by atoms with E-state index in [1.54, 1.807) is 32.0 Å². The molecule has 1 heterocycles. The van der Waals surface area contributed by atoms with Crippen molar-refractivity contribution in [3.63, 3.8) is 0 Å². The van der Waals surface area contributed by atoms with E-state index >= 15 is 0 Å². The number of rotatable bonds is 7. The fourth-order valence-electron chi connectivity index (χ4n) is 2.85. The molecular weight excluding hydrogens is 401 g/mol. The standard InChI is InChI=1S/C21H23Cl2NO4/c1-5-10-27-20(25)16-12(3)24-13(4)17(21(26)28-11-6-2)18(16)14-8-7-9-15(22)19(14)23/h7-9H,5-6,10-11H2,1-4H3. The molecule has 2 aromatic rings. The first-order chi connectivity index (χ1) is 13.3. The number of hydrogen-bond donors (Lipinski definition) is 0. The number of ether oxygens (including phenoxy) is 2. The third kappa shape index (κ3) is 4.65. The van der Waals surface area contributed by atoms with E-state index in [0.717, 1.165) is 0 Å². The Morgan fingerprint density at radius 1 is 0.929 bits per heavy atom. The van der Waals surface area contributed by atoms with E-state index in [0.29, 0.717) is 40.4 Å². The van der Waals surface area contributed by atoms with E-state index in [-0.39, 0.29) is 29.4 Å². The molecule has 0 saturated carbocycles. The maximum atomic E-state index is 12.8. The normalized spacial score (nSPS) is 10.6. The molecule has 0 unspecified atom stereocenters. The van der Waals surface area contributed by atoms with Crippen LogP contribution in [-0.4, -0.2) is 30.1 Å². The summed E-state index contributed by atoms with van der Waals surface area (Å²) in [6, 6.07) is 5.05. The Labute approximate surface area is 175 Å². The van der Waals surface area contributed by atoms with E-state index in [4.69, 9.17) is 32.7 Å². The highest BCUT2D eigenvalue weighted by Gasteiger charge is 2.29. The van der Waals surface area contributed by atoms with Crippen LogP contribution in [0, 0.1) is 13.8 Å². The molecule has 1 aromatic carbocycles. The van der Waals surface area contributed by atoms with Crippen molar-refractivity contribution in [3.8, 4) is 11.1 Å². The van der Waals surface area contributed by atoms with Gasteiger partial charge in [-0.1, -0.05) is 49.2 Å². The minimum absolute atomic E-state index is 0.187. The lowest BCUT2D eigenvalue weighted by molar-refractivity contribution is 0.0503. The van der Waals surface area contributed by atoms with Crippen molar-refractivity contribution >= 4 is 35.1 Å². The number of nitrogens with zero attached hydrogens (tertiary/aromatic N) is 1. The topological polar surface area (TPSA) is 65.5 Å². The predicted molar refractivity (Wildman–Crippen MR) is 110 cm³/mol. The largest absolute Gasteiger partial charge is 0.462 e. The van der Waals surface area contributed by atoms with Gasteiger partial charge in [-0.2, -0.15) is 0 Å². The molecule has 0 aliphatic rings. The van der Waals surface area contributed by atoms with Gasteiger partial charge in [0.1, 0.15) is 0 Å². The van der Waals surface area contributed by atoms with Crippen molar-refractivity contribution < 1.29 is 19.1 Å². The van der Waals surface area contributed by atoms with Crippen LogP contribution in [0.2, 0.25) is 10.0 Å². The Morgan fingerprint density at radius 2 is 1.43 bits per heavy atom. The number of aromatic nitrogens is 1. The molecule has 0 aliphatic heterocycles. The second-order valence-corrected chi connectivity index (χ2v) is 7.07. The highest BCUT2D eigenvalue weighted by atomic mass is 35.5. The van der Waals surface area contributed by atoms with Gasteiger partial charge in [0.2, 0.25) is 0 Å². The number of benzene rings is 1. The molecule has 0 fully saturated rings. The third-order valence-corrected chi connectivity index (χ3v) is 4.88. The van der Waals surface area contributed by atoms with Crippen molar-refractivity contribution in [3.05, 3.63) is 50.8 Å². The summed E-state index contributed by atoms with van der Waals surface area (Å²) in [7, 11) is 0. The molecule has 2 rings (SSSR count). The molecular formula is C21H23Cl2NO4. The van der Waals surface area contributed by atoms with Crippen LogP contribution in [0.1, 0.15) is 58.8 Å². The molecule has 150 valence electrons. The van der Waals surface area contributed by atoms with Gasteiger partial charge in [0, 0.05) is 11.1 Å². The van der Waals surface area contributed by atoms with E-state index in [2.05, 4.69) is 4.98 Å². The predicted octanol–water partition coefficient (Wildman–Crippen LogP) is 5.81. The average Bonchev–Trinajstić information content (AvgIpc) is 2.65. The maximum absolute atomic E-state index is 12.8. The van der Waals surface area contributed by atoms with E-state index in [1.165, 1.54) is 0 Å². The number of carbonyl (C=O) groups is 2. The Hall–Kier alpha value is -2.11. The van der Waals surface area contributed by atoms with Gasteiger partial charge in [-0.3, -0.25) is 4.98 Å². The fraction of sp³-hybridized carbons (Fsp3) is 0.381. The lowest BCUT2D eigenvalue weighted by Crippen LogP contribution is -2.18. The number of halogens is 2. The summed E-state index contributed by atoms with van der Waals surface area (Å²) in [6.45, 7) is 7.69. The summed E-state index contributed by atoms with van der Waals surface area (Å²) in [5, 5.41) is 0.551. The molecule has 0 saturated heterocycles. The van der Waals surface area contributed by atoms with Crippen LogP contribution in [0.4, 0.5) is 0 Å². The molecule has 0 aliphatic carbocycles. The first-order valence-electron chi connectivity index (χ1n) is 9.13. The molecule has 0 spiro atoms. The number of pyridine rings is 1. The van der Waals surface area contributed by atoms with Gasteiger partial charge in [0.15, 0.2) is 0 Å². The fourth-order valence-corrected chi connectivity index (χ4v) is 3.24. The Bertz CT molecular complexity index is 852. The van der Waals surface area contributed by atoms with Gasteiger partial charge in [-0.25, -0.2) is 9.59 Å².